The van der Waals surface area contributed by atoms with Gasteiger partial charge in [-0.2, -0.15) is 5.10 Å². The fourth-order valence-electron chi connectivity index (χ4n) is 3.03. The Kier molecular flexibility index (Phi) is 4.28. The summed E-state index contributed by atoms with van der Waals surface area (Å²) in [4.78, 5) is 6.80. The van der Waals surface area contributed by atoms with Gasteiger partial charge < -0.3 is 10.6 Å². The van der Waals surface area contributed by atoms with Gasteiger partial charge in [-0.15, -0.1) is 0 Å². The van der Waals surface area contributed by atoms with E-state index in [1.54, 1.807) is 6.33 Å². The summed E-state index contributed by atoms with van der Waals surface area (Å²) in [6.45, 7) is 4.29. The molecule has 2 N–H and O–H groups in total. The molecule has 5 heteroatoms. The third-order valence-electron chi connectivity index (χ3n) is 4.16. The molecule has 0 unspecified atom stereocenters. The van der Waals surface area contributed by atoms with E-state index in [1.165, 1.54) is 51.0 Å². The first-order valence-corrected chi connectivity index (χ1v) is 7.61. The van der Waals surface area contributed by atoms with Crippen molar-refractivity contribution in [2.24, 2.45) is 5.73 Å². The van der Waals surface area contributed by atoms with Crippen LogP contribution in [0.25, 0.3) is 5.52 Å². The van der Waals surface area contributed by atoms with E-state index in [-0.39, 0.29) is 0 Å². The second-order valence-corrected chi connectivity index (χ2v) is 5.54. The first kappa shape index (κ1) is 13.5. The van der Waals surface area contributed by atoms with E-state index in [1.807, 2.05) is 4.52 Å². The quantitative estimate of drug-likeness (QED) is 0.812. The zero-order valence-electron chi connectivity index (χ0n) is 12.0. The molecule has 0 spiro atoms. The molecule has 2 aromatic rings. The highest BCUT2D eigenvalue weighted by Crippen LogP contribution is 2.14. The summed E-state index contributed by atoms with van der Waals surface area (Å²) in [6.07, 6.45) is 7.91. The Bertz CT molecular complexity index is 556. The lowest BCUT2D eigenvalue weighted by Gasteiger charge is -2.13. The molecule has 0 aromatic carbocycles. The summed E-state index contributed by atoms with van der Waals surface area (Å²) >= 11 is 0. The highest BCUT2D eigenvalue weighted by Gasteiger charge is 2.11. The van der Waals surface area contributed by atoms with Gasteiger partial charge in [0.05, 0.1) is 11.2 Å². The van der Waals surface area contributed by atoms with Crippen molar-refractivity contribution in [1.29, 1.82) is 0 Å². The standard InChI is InChI=1S/C15H23N5/c16-11-14-15-7-6-13(20(15)18-12-17-14)5-1-2-8-19-9-3-4-10-19/h6-7,12H,1-5,8-11,16H2. The molecular weight excluding hydrogens is 250 g/mol. The molecule has 3 rings (SSSR count). The Morgan fingerprint density at radius 1 is 1.15 bits per heavy atom. The van der Waals surface area contributed by atoms with Crippen molar-refractivity contribution >= 4 is 5.52 Å². The molecule has 0 bridgehead atoms. The van der Waals surface area contributed by atoms with E-state index in [2.05, 4.69) is 27.1 Å². The molecule has 108 valence electrons. The van der Waals surface area contributed by atoms with Gasteiger partial charge in [0.15, 0.2) is 0 Å². The molecule has 1 fully saturated rings. The van der Waals surface area contributed by atoms with Crippen LogP contribution in [0.15, 0.2) is 18.5 Å². The van der Waals surface area contributed by atoms with Gasteiger partial charge in [-0.25, -0.2) is 9.50 Å². The Labute approximate surface area is 119 Å². The van der Waals surface area contributed by atoms with E-state index >= 15 is 0 Å². The van der Waals surface area contributed by atoms with Crippen molar-refractivity contribution in [2.45, 2.75) is 38.6 Å². The lowest BCUT2D eigenvalue weighted by Crippen LogP contribution is -2.20. The Morgan fingerprint density at radius 3 is 2.80 bits per heavy atom. The number of aryl methyl sites for hydroxylation is 1. The molecule has 3 heterocycles. The fraction of sp³-hybridized carbons (Fsp3) is 0.600. The minimum absolute atomic E-state index is 0.463. The molecule has 0 aliphatic carbocycles. The summed E-state index contributed by atoms with van der Waals surface area (Å²) in [7, 11) is 0. The molecule has 20 heavy (non-hydrogen) atoms. The maximum Gasteiger partial charge on any atom is 0.136 e. The molecule has 1 saturated heterocycles. The number of hydrogen-bond donors (Lipinski definition) is 1. The van der Waals surface area contributed by atoms with Crippen LogP contribution in [0.1, 0.15) is 37.1 Å². The molecule has 1 aliphatic rings. The third kappa shape index (κ3) is 2.83. The lowest BCUT2D eigenvalue weighted by atomic mass is 10.2. The van der Waals surface area contributed by atoms with Crippen LogP contribution in [0.5, 0.6) is 0 Å². The highest BCUT2D eigenvalue weighted by molar-refractivity contribution is 5.52. The smallest absolute Gasteiger partial charge is 0.136 e. The Hall–Kier alpha value is -1.46. The first-order valence-electron chi connectivity index (χ1n) is 7.61. The van der Waals surface area contributed by atoms with Gasteiger partial charge >= 0.3 is 0 Å². The highest BCUT2D eigenvalue weighted by atomic mass is 15.2. The number of nitrogens with zero attached hydrogens (tertiary/aromatic N) is 4. The molecule has 2 aromatic heterocycles. The normalized spacial score (nSPS) is 16.2. The van der Waals surface area contributed by atoms with Crippen molar-refractivity contribution in [3.63, 3.8) is 0 Å². The largest absolute Gasteiger partial charge is 0.325 e. The molecule has 0 radical (unpaired) electrons. The van der Waals surface area contributed by atoms with Crippen LogP contribution in [0.4, 0.5) is 0 Å². The first-order chi connectivity index (χ1) is 9.88. The van der Waals surface area contributed by atoms with Gasteiger partial charge in [0.25, 0.3) is 0 Å². The summed E-state index contributed by atoms with van der Waals surface area (Å²) in [5.41, 5.74) is 8.94. The Morgan fingerprint density at radius 2 is 2.00 bits per heavy atom. The Balaban J connectivity index is 1.57. The zero-order chi connectivity index (χ0) is 13.8. The monoisotopic (exact) mass is 273 g/mol. The predicted molar refractivity (Wildman–Crippen MR) is 79.5 cm³/mol. The number of aromatic nitrogens is 3. The second-order valence-electron chi connectivity index (χ2n) is 5.54. The average Bonchev–Trinajstić information content (AvgIpc) is 3.13. The van der Waals surface area contributed by atoms with Gasteiger partial charge in [-0.3, -0.25) is 0 Å². The maximum atomic E-state index is 5.71. The number of unbranched alkanes of at least 4 members (excludes halogenated alkanes) is 1. The van der Waals surface area contributed by atoms with Gasteiger partial charge in [-0.05, 0) is 63.9 Å². The summed E-state index contributed by atoms with van der Waals surface area (Å²) in [5.74, 6) is 0. The van der Waals surface area contributed by atoms with Crippen LogP contribution < -0.4 is 5.73 Å². The van der Waals surface area contributed by atoms with E-state index in [0.29, 0.717) is 6.54 Å². The maximum absolute atomic E-state index is 5.71. The number of fused-ring (bicyclic) bond motifs is 1. The van der Waals surface area contributed by atoms with Crippen molar-refractivity contribution in [1.82, 2.24) is 19.5 Å². The summed E-state index contributed by atoms with van der Waals surface area (Å²) < 4.78 is 1.99. The van der Waals surface area contributed by atoms with Gasteiger partial charge in [0, 0.05) is 12.2 Å². The summed E-state index contributed by atoms with van der Waals surface area (Å²) in [5, 5.41) is 4.35. The van der Waals surface area contributed by atoms with E-state index < -0.39 is 0 Å². The fourth-order valence-corrected chi connectivity index (χ4v) is 3.03. The molecule has 5 nitrogen and oxygen atoms in total. The van der Waals surface area contributed by atoms with Crippen LogP contribution in [0.2, 0.25) is 0 Å². The van der Waals surface area contributed by atoms with E-state index in [9.17, 15) is 0 Å². The molecule has 0 saturated carbocycles. The van der Waals surface area contributed by atoms with Crippen molar-refractivity contribution in [2.75, 3.05) is 19.6 Å². The molecule has 0 atom stereocenters. The molecule has 0 amide bonds. The van der Waals surface area contributed by atoms with Crippen LogP contribution in [0.3, 0.4) is 0 Å². The number of likely N-dealkylation sites (tertiary alicyclic amines) is 1. The van der Waals surface area contributed by atoms with Crippen LogP contribution in [0, 0.1) is 0 Å². The minimum atomic E-state index is 0.463. The van der Waals surface area contributed by atoms with Crippen LogP contribution >= 0.6 is 0 Å². The predicted octanol–water partition coefficient (Wildman–Crippen LogP) is 1.61. The van der Waals surface area contributed by atoms with Crippen molar-refractivity contribution in [3.8, 4) is 0 Å². The topological polar surface area (TPSA) is 59.4 Å². The SMILES string of the molecule is NCc1ncnn2c(CCCCN3CCCC3)ccc12. The number of nitrogens with two attached hydrogens (primary N) is 1. The van der Waals surface area contributed by atoms with Crippen molar-refractivity contribution < 1.29 is 0 Å². The van der Waals surface area contributed by atoms with E-state index in [4.69, 9.17) is 5.73 Å². The van der Waals surface area contributed by atoms with Gasteiger partial charge in [-0.1, -0.05) is 0 Å². The average molecular weight is 273 g/mol. The van der Waals surface area contributed by atoms with Gasteiger partial charge in [0.2, 0.25) is 0 Å². The van der Waals surface area contributed by atoms with Crippen LogP contribution in [-0.2, 0) is 13.0 Å². The van der Waals surface area contributed by atoms with Gasteiger partial charge in [0.1, 0.15) is 6.33 Å². The van der Waals surface area contributed by atoms with E-state index in [0.717, 1.165) is 17.6 Å². The zero-order valence-corrected chi connectivity index (χ0v) is 12.0. The second kappa shape index (κ2) is 6.33. The lowest BCUT2D eigenvalue weighted by molar-refractivity contribution is 0.330. The third-order valence-corrected chi connectivity index (χ3v) is 4.16. The summed E-state index contributed by atoms with van der Waals surface area (Å²) in [6, 6.07) is 4.23. The molecule has 1 aliphatic heterocycles. The minimum Gasteiger partial charge on any atom is -0.325 e. The number of rotatable bonds is 6. The van der Waals surface area contributed by atoms with Crippen molar-refractivity contribution in [3.05, 3.63) is 29.8 Å². The number of hydrogen-bond acceptors (Lipinski definition) is 4. The molecular formula is C15H23N5. The van der Waals surface area contributed by atoms with Crippen LogP contribution in [-0.4, -0.2) is 39.1 Å².